The smallest absolute Gasteiger partial charge is 0.325 e. The van der Waals surface area contributed by atoms with Gasteiger partial charge >= 0.3 is 5.97 Å². The molecule has 0 unspecified atom stereocenters. The van der Waals surface area contributed by atoms with Crippen LogP contribution in [0.4, 0.5) is 9.18 Å². The van der Waals surface area contributed by atoms with Gasteiger partial charge in [0.15, 0.2) is 0 Å². The molecule has 0 N–H and O–H groups in total. The van der Waals surface area contributed by atoms with E-state index in [2.05, 4.69) is 4.74 Å². The first-order valence-electron chi connectivity index (χ1n) is 7.26. The number of rotatable bonds is 4. The van der Waals surface area contributed by atoms with Gasteiger partial charge in [-0.3, -0.25) is 19.3 Å². The maximum absolute atomic E-state index is 13.2. The number of ether oxygens (including phenoxy) is 1. The van der Waals surface area contributed by atoms with Crippen LogP contribution in [0.15, 0.2) is 39.7 Å². The zero-order valence-electron chi connectivity index (χ0n) is 13.3. The number of methoxy groups -OCH3 is 1. The largest absolute Gasteiger partial charge is 0.468 e. The highest BCUT2D eigenvalue weighted by Gasteiger charge is 2.36. The molecular weight excluding hydrogens is 385 g/mol. The molecule has 0 spiro atoms. The number of esters is 1. The average molecular weight is 396 g/mol. The van der Waals surface area contributed by atoms with Crippen molar-refractivity contribution in [2.45, 2.75) is 0 Å². The minimum atomic E-state index is -0.693. The van der Waals surface area contributed by atoms with Gasteiger partial charge in [0.1, 0.15) is 23.9 Å². The lowest BCUT2D eigenvalue weighted by Gasteiger charge is -2.09. The van der Waals surface area contributed by atoms with Gasteiger partial charge in [0, 0.05) is 11.6 Å². The fourth-order valence-electron chi connectivity index (χ4n) is 2.19. The zero-order valence-corrected chi connectivity index (χ0v) is 14.9. The highest BCUT2D eigenvalue weighted by atomic mass is 35.5. The van der Waals surface area contributed by atoms with Crippen molar-refractivity contribution < 1.29 is 27.9 Å². The number of amides is 2. The van der Waals surface area contributed by atoms with Crippen LogP contribution >= 0.6 is 23.4 Å². The van der Waals surface area contributed by atoms with Gasteiger partial charge in [-0.2, -0.15) is 0 Å². The zero-order chi connectivity index (χ0) is 18.8. The van der Waals surface area contributed by atoms with Crippen molar-refractivity contribution >= 4 is 46.6 Å². The molecule has 0 atom stereocenters. The van der Waals surface area contributed by atoms with Gasteiger partial charge in [0.2, 0.25) is 0 Å². The van der Waals surface area contributed by atoms with Gasteiger partial charge in [-0.05, 0) is 42.1 Å². The molecule has 2 aromatic rings. The fourth-order valence-corrected chi connectivity index (χ4v) is 3.19. The number of hydrogen-bond acceptors (Lipinski definition) is 6. The summed E-state index contributed by atoms with van der Waals surface area (Å²) in [5, 5.41) is -0.604. The summed E-state index contributed by atoms with van der Waals surface area (Å²) in [7, 11) is 1.17. The molecule has 9 heteroatoms. The van der Waals surface area contributed by atoms with E-state index in [0.29, 0.717) is 28.8 Å². The number of thioether (sulfide) groups is 1. The Hall–Kier alpha value is -2.58. The number of carbonyl (C=O) groups excluding carboxylic acids is 3. The second kappa shape index (κ2) is 7.35. The Labute approximate surface area is 156 Å². The topological polar surface area (TPSA) is 76.8 Å². The SMILES string of the molecule is COC(=O)CN1C(=O)S/C(=C\c2ccc(-c3ccc(F)c(Cl)c3)o2)C1=O. The Balaban J connectivity index is 1.82. The third kappa shape index (κ3) is 3.66. The second-order valence-corrected chi connectivity index (χ2v) is 6.58. The van der Waals surface area contributed by atoms with Crippen molar-refractivity contribution in [3.8, 4) is 11.3 Å². The molecule has 1 saturated heterocycles. The van der Waals surface area contributed by atoms with Crippen LogP contribution in [0.25, 0.3) is 17.4 Å². The molecular formula is C17H11ClFNO5S. The van der Waals surface area contributed by atoms with E-state index in [4.69, 9.17) is 16.0 Å². The van der Waals surface area contributed by atoms with Crippen LogP contribution in [0, 0.1) is 5.82 Å². The van der Waals surface area contributed by atoms with E-state index in [0.717, 1.165) is 4.90 Å². The monoisotopic (exact) mass is 395 g/mol. The molecule has 1 aliphatic heterocycles. The number of halogens is 2. The summed E-state index contributed by atoms with van der Waals surface area (Å²) in [6.07, 6.45) is 1.40. The van der Waals surface area contributed by atoms with E-state index in [1.165, 1.54) is 31.4 Å². The lowest BCUT2D eigenvalue weighted by molar-refractivity contribution is -0.143. The van der Waals surface area contributed by atoms with Crippen molar-refractivity contribution in [2.75, 3.05) is 13.7 Å². The standard InChI is InChI=1S/C17H11ClFNO5S/c1-24-15(21)8-20-16(22)14(26-17(20)23)7-10-3-5-13(25-10)9-2-4-12(19)11(18)6-9/h2-7H,8H2,1H3/b14-7-. The van der Waals surface area contributed by atoms with Crippen molar-refractivity contribution in [3.63, 3.8) is 0 Å². The molecule has 0 radical (unpaired) electrons. The van der Waals surface area contributed by atoms with Crippen LogP contribution in [0.2, 0.25) is 5.02 Å². The minimum Gasteiger partial charge on any atom is -0.468 e. The summed E-state index contributed by atoms with van der Waals surface area (Å²) in [6.45, 7) is -0.448. The molecule has 3 rings (SSSR count). The predicted octanol–water partition coefficient (Wildman–Crippen LogP) is 3.95. The Morgan fingerprint density at radius 2 is 2.12 bits per heavy atom. The molecule has 1 aromatic carbocycles. The highest BCUT2D eigenvalue weighted by molar-refractivity contribution is 8.18. The van der Waals surface area contributed by atoms with Crippen LogP contribution in [0.3, 0.4) is 0 Å². The predicted molar refractivity (Wildman–Crippen MR) is 93.8 cm³/mol. The third-order valence-corrected chi connectivity index (χ3v) is 4.69. The molecule has 2 heterocycles. The lowest BCUT2D eigenvalue weighted by atomic mass is 10.2. The first kappa shape index (κ1) is 18.2. The van der Waals surface area contributed by atoms with Gasteiger partial charge in [0.05, 0.1) is 17.0 Å². The fraction of sp³-hybridized carbons (Fsp3) is 0.118. The normalized spacial score (nSPS) is 15.8. The van der Waals surface area contributed by atoms with Crippen molar-refractivity contribution in [1.29, 1.82) is 0 Å². The summed E-state index contributed by atoms with van der Waals surface area (Å²) in [4.78, 5) is 36.3. The molecule has 26 heavy (non-hydrogen) atoms. The van der Waals surface area contributed by atoms with E-state index >= 15 is 0 Å². The number of furan rings is 1. The highest BCUT2D eigenvalue weighted by Crippen LogP contribution is 2.33. The van der Waals surface area contributed by atoms with E-state index in [1.807, 2.05) is 0 Å². The van der Waals surface area contributed by atoms with Crippen molar-refractivity contribution in [2.24, 2.45) is 0 Å². The Morgan fingerprint density at radius 1 is 1.35 bits per heavy atom. The number of hydrogen-bond donors (Lipinski definition) is 0. The number of nitrogens with zero attached hydrogens (tertiary/aromatic N) is 1. The Kier molecular flexibility index (Phi) is 5.15. The van der Waals surface area contributed by atoms with E-state index in [-0.39, 0.29) is 9.93 Å². The van der Waals surface area contributed by atoms with Gasteiger partial charge in [0.25, 0.3) is 11.1 Å². The van der Waals surface area contributed by atoms with E-state index < -0.39 is 29.5 Å². The summed E-state index contributed by atoms with van der Waals surface area (Å²) < 4.78 is 23.3. The van der Waals surface area contributed by atoms with Gasteiger partial charge < -0.3 is 9.15 Å². The van der Waals surface area contributed by atoms with Crippen molar-refractivity contribution in [3.05, 3.63) is 51.8 Å². The lowest BCUT2D eigenvalue weighted by Crippen LogP contribution is -2.34. The first-order chi connectivity index (χ1) is 12.4. The molecule has 134 valence electrons. The average Bonchev–Trinajstić information content (AvgIpc) is 3.18. The quantitative estimate of drug-likeness (QED) is 0.576. The number of imide groups is 1. The molecule has 1 aliphatic rings. The van der Waals surface area contributed by atoms with Crippen LogP contribution in [-0.4, -0.2) is 35.7 Å². The van der Waals surface area contributed by atoms with Crippen LogP contribution in [0.5, 0.6) is 0 Å². The molecule has 1 aromatic heterocycles. The molecule has 2 amide bonds. The second-order valence-electron chi connectivity index (χ2n) is 5.17. The van der Waals surface area contributed by atoms with Crippen LogP contribution in [0.1, 0.15) is 5.76 Å². The van der Waals surface area contributed by atoms with Crippen LogP contribution in [-0.2, 0) is 14.3 Å². The maximum Gasteiger partial charge on any atom is 0.325 e. The Morgan fingerprint density at radius 3 is 2.81 bits per heavy atom. The van der Waals surface area contributed by atoms with Gasteiger partial charge in [-0.1, -0.05) is 11.6 Å². The van der Waals surface area contributed by atoms with Crippen molar-refractivity contribution in [1.82, 2.24) is 4.90 Å². The summed E-state index contributed by atoms with van der Waals surface area (Å²) in [5.74, 6) is -1.09. The molecule has 0 bridgehead atoms. The third-order valence-electron chi connectivity index (χ3n) is 3.49. The minimum absolute atomic E-state index is 0.0376. The van der Waals surface area contributed by atoms with Gasteiger partial charge in [-0.15, -0.1) is 0 Å². The summed E-state index contributed by atoms with van der Waals surface area (Å²) in [5.41, 5.74) is 0.565. The van der Waals surface area contributed by atoms with E-state index in [9.17, 15) is 18.8 Å². The number of carbonyl (C=O) groups is 3. The Bertz CT molecular complexity index is 939. The maximum atomic E-state index is 13.2. The molecule has 1 fully saturated rings. The van der Waals surface area contributed by atoms with Crippen LogP contribution < -0.4 is 0 Å². The van der Waals surface area contributed by atoms with Gasteiger partial charge in [-0.25, -0.2) is 4.39 Å². The summed E-state index contributed by atoms with van der Waals surface area (Å²) in [6, 6.07) is 7.38. The number of benzene rings is 1. The molecule has 0 aliphatic carbocycles. The molecule has 0 saturated carbocycles. The van der Waals surface area contributed by atoms with E-state index in [1.54, 1.807) is 12.1 Å². The molecule has 6 nitrogen and oxygen atoms in total. The summed E-state index contributed by atoms with van der Waals surface area (Å²) >= 11 is 6.45. The first-order valence-corrected chi connectivity index (χ1v) is 8.46.